The van der Waals surface area contributed by atoms with E-state index in [1.54, 1.807) is 0 Å². The minimum Gasteiger partial charge on any atom is -0.358 e. The first-order valence-corrected chi connectivity index (χ1v) is 2.72. The Morgan fingerprint density at radius 2 is 1.33 bits per heavy atom. The molecule has 0 unspecified atom stereocenters. The lowest BCUT2D eigenvalue weighted by Crippen LogP contribution is -1.96. The van der Waals surface area contributed by atoms with Gasteiger partial charge in [-0.3, -0.25) is 0 Å². The molecule has 12 heavy (non-hydrogen) atoms. The zero-order valence-corrected chi connectivity index (χ0v) is 5.58. The number of aromatic nitrogens is 2. The van der Waals surface area contributed by atoms with Crippen LogP contribution in [0.2, 0.25) is 0 Å². The van der Waals surface area contributed by atoms with Crippen molar-refractivity contribution in [2.24, 2.45) is 0 Å². The number of nitrogens with zero attached hydrogens (tertiary/aromatic N) is 4. The minimum absolute atomic E-state index is 0.513. The first-order chi connectivity index (χ1) is 5.61. The Morgan fingerprint density at radius 3 is 1.50 bits per heavy atom. The van der Waals surface area contributed by atoms with Gasteiger partial charge in [0.25, 0.3) is 0 Å². The third-order valence-electron chi connectivity index (χ3n) is 0.999. The maximum absolute atomic E-state index is 10.0. The first kappa shape index (κ1) is 7.98. The van der Waals surface area contributed by atoms with Crippen LogP contribution in [0.3, 0.4) is 0 Å². The lowest BCUT2D eigenvalue weighted by atomic mass is 10.6. The SMILES string of the molecule is O=[N+]([O-])c1cnc([N+](=O)[O-])cn1. The van der Waals surface area contributed by atoms with E-state index in [1.165, 1.54) is 0 Å². The molecule has 0 bridgehead atoms. The Balaban J connectivity index is 3.01. The molecule has 0 radical (unpaired) electrons. The predicted octanol–water partition coefficient (Wildman–Crippen LogP) is 0.293. The van der Waals surface area contributed by atoms with E-state index in [-0.39, 0.29) is 0 Å². The molecule has 0 amide bonds. The van der Waals surface area contributed by atoms with Gasteiger partial charge in [-0.15, -0.1) is 0 Å². The Kier molecular flexibility index (Phi) is 1.90. The van der Waals surface area contributed by atoms with Crippen molar-refractivity contribution in [2.75, 3.05) is 0 Å². The summed E-state index contributed by atoms with van der Waals surface area (Å²) in [5.74, 6) is -1.03. The molecule has 8 heteroatoms. The van der Waals surface area contributed by atoms with Crippen molar-refractivity contribution >= 4 is 11.6 Å². The molecule has 1 heterocycles. The van der Waals surface area contributed by atoms with Crippen LogP contribution < -0.4 is 0 Å². The second kappa shape index (κ2) is 2.86. The lowest BCUT2D eigenvalue weighted by Gasteiger charge is -1.88. The molecule has 0 aromatic carbocycles. The predicted molar refractivity (Wildman–Crippen MR) is 35.3 cm³/mol. The monoisotopic (exact) mass is 170 g/mol. The van der Waals surface area contributed by atoms with Crippen molar-refractivity contribution in [3.63, 3.8) is 0 Å². The van der Waals surface area contributed by atoms with Crippen LogP contribution in [-0.4, -0.2) is 19.8 Å². The van der Waals surface area contributed by atoms with Gasteiger partial charge in [0.15, 0.2) is 0 Å². The van der Waals surface area contributed by atoms with Crippen LogP contribution in [0.4, 0.5) is 11.6 Å². The van der Waals surface area contributed by atoms with Gasteiger partial charge in [-0.25, -0.2) is 0 Å². The Morgan fingerprint density at radius 1 is 1.00 bits per heavy atom. The molecular weight excluding hydrogens is 168 g/mol. The van der Waals surface area contributed by atoms with Crippen LogP contribution >= 0.6 is 0 Å². The number of nitro groups is 2. The van der Waals surface area contributed by atoms with Gasteiger partial charge < -0.3 is 20.2 Å². The molecule has 0 saturated carbocycles. The quantitative estimate of drug-likeness (QED) is 0.465. The van der Waals surface area contributed by atoms with Crippen molar-refractivity contribution in [3.05, 3.63) is 32.6 Å². The molecule has 0 atom stereocenters. The number of rotatable bonds is 2. The van der Waals surface area contributed by atoms with Crippen molar-refractivity contribution < 1.29 is 9.85 Å². The molecule has 0 aliphatic carbocycles. The molecule has 1 rings (SSSR count). The van der Waals surface area contributed by atoms with E-state index >= 15 is 0 Å². The van der Waals surface area contributed by atoms with Crippen molar-refractivity contribution in [1.29, 1.82) is 0 Å². The summed E-state index contributed by atoms with van der Waals surface area (Å²) in [5.41, 5.74) is 0. The Labute approximate surface area is 65.2 Å². The van der Waals surface area contributed by atoms with Crippen molar-refractivity contribution in [1.82, 2.24) is 9.97 Å². The van der Waals surface area contributed by atoms with Crippen LogP contribution in [0.15, 0.2) is 12.4 Å². The average molecular weight is 170 g/mol. The van der Waals surface area contributed by atoms with E-state index in [2.05, 4.69) is 9.97 Å². The second-order valence-corrected chi connectivity index (χ2v) is 1.75. The van der Waals surface area contributed by atoms with E-state index in [0.717, 1.165) is 12.4 Å². The maximum atomic E-state index is 10.0. The minimum atomic E-state index is -0.781. The molecule has 1 aromatic rings. The van der Waals surface area contributed by atoms with Gasteiger partial charge in [-0.2, -0.15) is 0 Å². The topological polar surface area (TPSA) is 112 Å². The molecule has 1 aromatic heterocycles. The van der Waals surface area contributed by atoms with Crippen LogP contribution in [0, 0.1) is 20.2 Å². The highest BCUT2D eigenvalue weighted by molar-refractivity contribution is 5.20. The van der Waals surface area contributed by atoms with Gasteiger partial charge >= 0.3 is 11.6 Å². The summed E-state index contributed by atoms with van der Waals surface area (Å²) in [4.78, 5) is 24.9. The summed E-state index contributed by atoms with van der Waals surface area (Å²) in [7, 11) is 0. The molecule has 0 N–H and O–H groups in total. The molecule has 0 spiro atoms. The maximum Gasteiger partial charge on any atom is 0.408 e. The summed E-state index contributed by atoms with van der Waals surface area (Å²) in [6, 6.07) is 0. The normalized spacial score (nSPS) is 9.33. The lowest BCUT2D eigenvalue weighted by molar-refractivity contribution is -0.396. The molecule has 0 aliphatic rings. The summed E-state index contributed by atoms with van der Waals surface area (Å²) in [6.07, 6.45) is 1.47. The fourth-order valence-electron chi connectivity index (χ4n) is 0.503. The molecular formula is C4H2N4O4. The summed E-state index contributed by atoms with van der Waals surface area (Å²) in [5, 5.41) is 20.0. The molecule has 62 valence electrons. The van der Waals surface area contributed by atoms with Gasteiger partial charge in [0.2, 0.25) is 12.4 Å². The Bertz CT molecular complexity index is 287. The van der Waals surface area contributed by atoms with E-state index in [4.69, 9.17) is 0 Å². The zero-order chi connectivity index (χ0) is 9.14. The van der Waals surface area contributed by atoms with Gasteiger partial charge in [-0.1, -0.05) is 0 Å². The molecule has 0 fully saturated rings. The van der Waals surface area contributed by atoms with E-state index in [1.807, 2.05) is 0 Å². The largest absolute Gasteiger partial charge is 0.408 e. The third kappa shape index (κ3) is 1.48. The van der Waals surface area contributed by atoms with Gasteiger partial charge in [0.05, 0.1) is 0 Å². The van der Waals surface area contributed by atoms with Crippen LogP contribution in [0.25, 0.3) is 0 Å². The molecule has 0 saturated heterocycles. The fraction of sp³-hybridized carbons (Fsp3) is 0. The smallest absolute Gasteiger partial charge is 0.358 e. The number of hydrogen-bond acceptors (Lipinski definition) is 6. The average Bonchev–Trinajstić information content (AvgIpc) is 2.04. The van der Waals surface area contributed by atoms with Gasteiger partial charge in [-0.05, 0) is 19.8 Å². The summed E-state index contributed by atoms with van der Waals surface area (Å²) in [6.45, 7) is 0. The van der Waals surface area contributed by atoms with E-state index in [0.29, 0.717) is 0 Å². The molecule has 0 aliphatic heterocycles. The Hall–Kier alpha value is -2.12. The van der Waals surface area contributed by atoms with Gasteiger partial charge in [0, 0.05) is 0 Å². The summed E-state index contributed by atoms with van der Waals surface area (Å²) < 4.78 is 0. The summed E-state index contributed by atoms with van der Waals surface area (Å²) >= 11 is 0. The van der Waals surface area contributed by atoms with Crippen LogP contribution in [-0.2, 0) is 0 Å². The zero-order valence-electron chi connectivity index (χ0n) is 5.58. The number of hydrogen-bond donors (Lipinski definition) is 0. The first-order valence-electron chi connectivity index (χ1n) is 2.72. The van der Waals surface area contributed by atoms with Gasteiger partial charge in [0.1, 0.15) is 0 Å². The van der Waals surface area contributed by atoms with Crippen LogP contribution in [0.1, 0.15) is 0 Å². The standard InChI is InChI=1S/C4H2N4O4/c9-7(10)3-1-5-4(2-6-3)8(11)12/h1-2H. The highest BCUT2D eigenvalue weighted by atomic mass is 16.6. The highest BCUT2D eigenvalue weighted by Crippen LogP contribution is 2.08. The fourth-order valence-corrected chi connectivity index (χ4v) is 0.503. The van der Waals surface area contributed by atoms with E-state index in [9.17, 15) is 20.2 Å². The second-order valence-electron chi connectivity index (χ2n) is 1.75. The highest BCUT2D eigenvalue weighted by Gasteiger charge is 2.15. The molecule has 8 nitrogen and oxygen atoms in total. The van der Waals surface area contributed by atoms with Crippen molar-refractivity contribution in [3.8, 4) is 0 Å². The third-order valence-corrected chi connectivity index (χ3v) is 0.999. The van der Waals surface area contributed by atoms with Crippen LogP contribution in [0.5, 0.6) is 0 Å². The van der Waals surface area contributed by atoms with E-state index < -0.39 is 21.5 Å². The van der Waals surface area contributed by atoms with Crippen molar-refractivity contribution in [2.45, 2.75) is 0 Å².